The Balaban J connectivity index is 3.46. The second kappa shape index (κ2) is 5.54. The Morgan fingerprint density at radius 3 is 2.11 bits per heavy atom. The van der Waals surface area contributed by atoms with Gasteiger partial charge in [-0.1, -0.05) is 24.3 Å². The summed E-state index contributed by atoms with van der Waals surface area (Å²) >= 11 is 0. The molecule has 0 unspecified atom stereocenters. The van der Waals surface area contributed by atoms with Crippen molar-refractivity contribution in [3.05, 3.63) is 47.1 Å². The molecule has 3 nitrogen and oxygen atoms in total. The summed E-state index contributed by atoms with van der Waals surface area (Å²) < 4.78 is 0. The number of aromatic hydroxyl groups is 2. The van der Waals surface area contributed by atoms with Crippen LogP contribution in [0.25, 0.3) is 0 Å². The van der Waals surface area contributed by atoms with E-state index in [0.717, 1.165) is 11.1 Å². The maximum atomic E-state index is 10.8. The van der Waals surface area contributed by atoms with Gasteiger partial charge in [0.1, 0.15) is 11.5 Å². The number of benzene rings is 1. The number of carbonyl (C=O) groups excluding carboxylic acids is 1. The molecule has 0 fully saturated rings. The van der Waals surface area contributed by atoms with E-state index in [-0.39, 0.29) is 17.1 Å². The van der Waals surface area contributed by atoms with Gasteiger partial charge in [0.05, 0.1) is 5.56 Å². The minimum Gasteiger partial charge on any atom is -0.508 e. The molecule has 0 atom stereocenters. The van der Waals surface area contributed by atoms with Gasteiger partial charge in [-0.25, -0.2) is 0 Å². The zero-order chi connectivity index (χ0) is 13.9. The van der Waals surface area contributed by atoms with Gasteiger partial charge in [0.25, 0.3) is 0 Å². The van der Waals surface area contributed by atoms with Crippen molar-refractivity contribution < 1.29 is 15.0 Å². The number of hydrogen-bond donors (Lipinski definition) is 2. The van der Waals surface area contributed by atoms with Crippen molar-refractivity contribution in [2.24, 2.45) is 0 Å². The summed E-state index contributed by atoms with van der Waals surface area (Å²) in [4.78, 5) is 10.8. The molecule has 1 aromatic rings. The van der Waals surface area contributed by atoms with Crippen molar-refractivity contribution in [3.8, 4) is 11.5 Å². The molecule has 0 bridgehead atoms. The lowest BCUT2D eigenvalue weighted by Gasteiger charge is -2.15. The fraction of sp³-hybridized carbons (Fsp3) is 0.267. The van der Waals surface area contributed by atoms with E-state index in [9.17, 15) is 15.0 Å². The molecule has 0 heterocycles. The van der Waals surface area contributed by atoms with Crippen LogP contribution in [-0.4, -0.2) is 16.5 Å². The van der Waals surface area contributed by atoms with Gasteiger partial charge in [0.15, 0.2) is 6.29 Å². The molecule has 1 aromatic carbocycles. The van der Waals surface area contributed by atoms with E-state index in [2.05, 4.69) is 13.2 Å². The van der Waals surface area contributed by atoms with Gasteiger partial charge in [-0.2, -0.15) is 0 Å². The maximum absolute atomic E-state index is 10.8. The lowest BCUT2D eigenvalue weighted by atomic mass is 9.93. The first-order valence-electron chi connectivity index (χ1n) is 5.67. The zero-order valence-corrected chi connectivity index (χ0v) is 10.8. The van der Waals surface area contributed by atoms with Crippen LogP contribution in [0.2, 0.25) is 0 Å². The molecule has 0 spiro atoms. The third kappa shape index (κ3) is 3.00. The van der Waals surface area contributed by atoms with Crippen molar-refractivity contribution in [3.63, 3.8) is 0 Å². The van der Waals surface area contributed by atoms with Crippen LogP contribution < -0.4 is 0 Å². The van der Waals surface area contributed by atoms with Crippen LogP contribution in [0, 0.1) is 0 Å². The first-order valence-corrected chi connectivity index (χ1v) is 5.67. The monoisotopic (exact) mass is 246 g/mol. The molecule has 1 rings (SSSR count). The molecule has 2 N–H and O–H groups in total. The smallest absolute Gasteiger partial charge is 0.153 e. The Hall–Kier alpha value is -2.03. The van der Waals surface area contributed by atoms with Gasteiger partial charge in [-0.3, -0.25) is 4.79 Å². The predicted molar refractivity (Wildman–Crippen MR) is 72.2 cm³/mol. The minimum atomic E-state index is -0.0814. The second-order valence-electron chi connectivity index (χ2n) is 4.68. The molecule has 96 valence electrons. The van der Waals surface area contributed by atoms with E-state index in [1.54, 1.807) is 0 Å². The molecule has 0 saturated heterocycles. The van der Waals surface area contributed by atoms with E-state index >= 15 is 0 Å². The lowest BCUT2D eigenvalue weighted by Crippen LogP contribution is -2.00. The number of aldehydes is 1. The zero-order valence-electron chi connectivity index (χ0n) is 10.8. The average Bonchev–Trinajstić information content (AvgIpc) is 2.27. The van der Waals surface area contributed by atoms with Crippen molar-refractivity contribution in [2.45, 2.75) is 26.7 Å². The van der Waals surface area contributed by atoms with Crippen LogP contribution in [0.1, 0.15) is 35.3 Å². The fourth-order valence-corrected chi connectivity index (χ4v) is 1.86. The van der Waals surface area contributed by atoms with E-state index in [1.165, 1.54) is 6.07 Å². The molecule has 0 saturated carbocycles. The third-order valence-corrected chi connectivity index (χ3v) is 2.61. The van der Waals surface area contributed by atoms with E-state index < -0.39 is 0 Å². The van der Waals surface area contributed by atoms with E-state index in [1.807, 2.05) is 13.8 Å². The minimum absolute atomic E-state index is 0.00847. The van der Waals surface area contributed by atoms with Crippen molar-refractivity contribution >= 4 is 6.29 Å². The van der Waals surface area contributed by atoms with Gasteiger partial charge in [-0.05, 0) is 32.8 Å². The molecule has 0 aliphatic heterocycles. The Morgan fingerprint density at radius 1 is 1.17 bits per heavy atom. The first-order chi connectivity index (χ1) is 8.36. The number of hydrogen-bond acceptors (Lipinski definition) is 3. The second-order valence-corrected chi connectivity index (χ2v) is 4.68. The Morgan fingerprint density at radius 2 is 1.67 bits per heavy atom. The number of rotatable bonds is 5. The summed E-state index contributed by atoms with van der Waals surface area (Å²) in [5.74, 6) is -0.0730. The summed E-state index contributed by atoms with van der Waals surface area (Å²) in [7, 11) is 0. The Bertz CT molecular complexity index is 513. The van der Waals surface area contributed by atoms with Gasteiger partial charge < -0.3 is 10.2 Å². The molecule has 0 radical (unpaired) electrons. The van der Waals surface area contributed by atoms with E-state index in [4.69, 9.17) is 0 Å². The molecule has 3 heteroatoms. The van der Waals surface area contributed by atoms with Crippen LogP contribution in [0.15, 0.2) is 30.4 Å². The fourth-order valence-electron chi connectivity index (χ4n) is 1.86. The molecular formula is C15H18O3. The highest BCUT2D eigenvalue weighted by Gasteiger charge is 2.17. The highest BCUT2D eigenvalue weighted by atomic mass is 16.3. The summed E-state index contributed by atoms with van der Waals surface area (Å²) in [5.41, 5.74) is 2.96. The summed E-state index contributed by atoms with van der Waals surface area (Å²) in [5, 5.41) is 20.0. The van der Waals surface area contributed by atoms with E-state index in [0.29, 0.717) is 30.3 Å². The largest absolute Gasteiger partial charge is 0.508 e. The van der Waals surface area contributed by atoms with Crippen LogP contribution >= 0.6 is 0 Å². The molecule has 0 aromatic heterocycles. The van der Waals surface area contributed by atoms with Crippen molar-refractivity contribution in [1.29, 1.82) is 0 Å². The Labute approximate surface area is 107 Å². The third-order valence-electron chi connectivity index (χ3n) is 2.61. The quantitative estimate of drug-likeness (QED) is 0.476. The van der Waals surface area contributed by atoms with Gasteiger partial charge >= 0.3 is 0 Å². The molecule has 0 aliphatic rings. The van der Waals surface area contributed by atoms with Gasteiger partial charge in [0.2, 0.25) is 0 Å². The van der Waals surface area contributed by atoms with Crippen molar-refractivity contribution in [2.75, 3.05) is 0 Å². The number of phenolic OH excluding ortho intramolecular Hbond substituents is 2. The lowest BCUT2D eigenvalue weighted by molar-refractivity contribution is 0.112. The summed E-state index contributed by atoms with van der Waals surface area (Å²) in [6.45, 7) is 11.3. The van der Waals surface area contributed by atoms with Crippen LogP contribution in [0.3, 0.4) is 0 Å². The SMILES string of the molecule is C=C(C)Cc1c(O)cc(C=O)c(O)c1CC(=C)C. The van der Waals surface area contributed by atoms with Crippen LogP contribution in [0.5, 0.6) is 11.5 Å². The van der Waals surface area contributed by atoms with Gasteiger partial charge in [-0.15, -0.1) is 0 Å². The van der Waals surface area contributed by atoms with Crippen molar-refractivity contribution in [1.82, 2.24) is 0 Å². The first kappa shape index (κ1) is 14.0. The topological polar surface area (TPSA) is 57.5 Å². The van der Waals surface area contributed by atoms with Gasteiger partial charge in [0, 0.05) is 11.1 Å². The molecular weight excluding hydrogens is 228 g/mol. The highest BCUT2D eigenvalue weighted by molar-refractivity contribution is 5.82. The standard InChI is InChI=1S/C15H18O3/c1-9(2)5-12-13(6-10(3)4)15(18)11(8-16)7-14(12)17/h7-8,17-18H,1,3,5-6H2,2,4H3. The molecule has 0 amide bonds. The number of allylic oxidation sites excluding steroid dienone is 2. The number of phenols is 2. The normalized spacial score (nSPS) is 10.1. The summed E-state index contributed by atoms with van der Waals surface area (Å²) in [6, 6.07) is 1.28. The Kier molecular flexibility index (Phi) is 4.32. The number of carbonyl (C=O) groups is 1. The van der Waals surface area contributed by atoms with Crippen LogP contribution in [-0.2, 0) is 12.8 Å². The molecule has 18 heavy (non-hydrogen) atoms. The molecule has 0 aliphatic carbocycles. The van der Waals surface area contributed by atoms with Crippen LogP contribution in [0.4, 0.5) is 0 Å². The summed E-state index contributed by atoms with van der Waals surface area (Å²) in [6.07, 6.45) is 1.41. The highest BCUT2D eigenvalue weighted by Crippen LogP contribution is 2.35. The predicted octanol–water partition coefficient (Wildman–Crippen LogP) is 3.15. The maximum Gasteiger partial charge on any atom is 0.153 e. The average molecular weight is 246 g/mol.